The number of rotatable bonds is 6. The molecule has 1 fully saturated rings. The van der Waals surface area contributed by atoms with Gasteiger partial charge in [-0.25, -0.2) is 14.6 Å². The molecule has 3 heterocycles. The zero-order chi connectivity index (χ0) is 20.2. The fourth-order valence-corrected chi connectivity index (χ4v) is 3.57. The van der Waals surface area contributed by atoms with E-state index in [1.54, 1.807) is 41.5 Å². The zero-order valence-electron chi connectivity index (χ0n) is 16.4. The predicted octanol–water partition coefficient (Wildman–Crippen LogP) is 2.07. The van der Waals surface area contributed by atoms with Crippen molar-refractivity contribution < 1.29 is 9.90 Å². The molecule has 0 aliphatic carbocycles. The Kier molecular flexibility index (Phi) is 5.53. The molecule has 2 aromatic heterocycles. The highest BCUT2D eigenvalue weighted by atomic mass is 16.3. The van der Waals surface area contributed by atoms with Gasteiger partial charge in [0.15, 0.2) is 5.78 Å². The van der Waals surface area contributed by atoms with Crippen LogP contribution in [0.15, 0.2) is 48.9 Å². The molecule has 0 amide bonds. The molecular weight excluding hydrogens is 368 g/mol. The van der Waals surface area contributed by atoms with Crippen LogP contribution >= 0.6 is 0 Å². The molecule has 150 valence electrons. The number of Topliss-reactive ketones (excluding diaryl/α,β-unsaturated/α-hetero) is 1. The van der Waals surface area contributed by atoms with Crippen molar-refractivity contribution in [2.75, 3.05) is 37.6 Å². The lowest BCUT2D eigenvalue weighted by Crippen LogP contribution is -2.46. The van der Waals surface area contributed by atoms with E-state index in [2.05, 4.69) is 24.9 Å². The first-order valence-corrected chi connectivity index (χ1v) is 9.73. The summed E-state index contributed by atoms with van der Waals surface area (Å²) in [7, 11) is 0. The van der Waals surface area contributed by atoms with Gasteiger partial charge in [-0.3, -0.25) is 9.69 Å². The van der Waals surface area contributed by atoms with Crippen molar-refractivity contribution in [1.29, 1.82) is 0 Å². The van der Waals surface area contributed by atoms with Crippen molar-refractivity contribution in [1.82, 2.24) is 24.6 Å². The van der Waals surface area contributed by atoms with Crippen LogP contribution in [0.5, 0.6) is 5.75 Å². The van der Waals surface area contributed by atoms with E-state index in [1.807, 2.05) is 19.1 Å². The molecule has 4 rings (SSSR count). The standard InChI is InChI=1S/C21H24N6O2/c1-16-19(15-24-27(16)21-22-8-2-9-23-21)20(29)7-10-25-11-13-26(14-12-25)17-3-5-18(28)6-4-17/h2-6,8-9,15,28H,7,10-14H2,1H3. The van der Waals surface area contributed by atoms with Gasteiger partial charge in [-0.2, -0.15) is 5.10 Å². The topological polar surface area (TPSA) is 87.4 Å². The van der Waals surface area contributed by atoms with Gasteiger partial charge in [0.1, 0.15) is 5.75 Å². The van der Waals surface area contributed by atoms with Crippen LogP contribution in [0.3, 0.4) is 0 Å². The number of phenolic OH excluding ortho intramolecular Hbond substituents is 1. The molecule has 0 radical (unpaired) electrons. The summed E-state index contributed by atoms with van der Waals surface area (Å²) in [5.74, 6) is 0.836. The Morgan fingerprint density at radius 2 is 1.76 bits per heavy atom. The normalized spacial score (nSPS) is 14.9. The van der Waals surface area contributed by atoms with Gasteiger partial charge in [-0.05, 0) is 37.3 Å². The second kappa shape index (κ2) is 8.40. The molecule has 0 atom stereocenters. The predicted molar refractivity (Wildman–Crippen MR) is 110 cm³/mol. The first kappa shape index (κ1) is 19.1. The lowest BCUT2D eigenvalue weighted by molar-refractivity contribution is 0.0962. The molecule has 0 bridgehead atoms. The number of carbonyl (C=O) groups excluding carboxylic acids is 1. The molecule has 8 nitrogen and oxygen atoms in total. The number of phenols is 1. The molecule has 29 heavy (non-hydrogen) atoms. The Balaban J connectivity index is 1.31. The minimum Gasteiger partial charge on any atom is -0.508 e. The Labute approximate surface area is 169 Å². The fraction of sp³-hybridized carbons (Fsp3) is 0.333. The van der Waals surface area contributed by atoms with E-state index in [9.17, 15) is 9.90 Å². The van der Waals surface area contributed by atoms with Crippen LogP contribution < -0.4 is 4.90 Å². The summed E-state index contributed by atoms with van der Waals surface area (Å²) in [6.07, 6.45) is 5.38. The van der Waals surface area contributed by atoms with Crippen LogP contribution in [-0.4, -0.2) is 68.3 Å². The third-order valence-corrected chi connectivity index (χ3v) is 5.29. The lowest BCUT2D eigenvalue weighted by Gasteiger charge is -2.36. The van der Waals surface area contributed by atoms with Crippen LogP contribution in [0, 0.1) is 6.92 Å². The van der Waals surface area contributed by atoms with Crippen molar-refractivity contribution in [3.63, 3.8) is 0 Å². The summed E-state index contributed by atoms with van der Waals surface area (Å²) in [6, 6.07) is 9.04. The second-order valence-corrected chi connectivity index (χ2v) is 7.12. The van der Waals surface area contributed by atoms with Crippen LogP contribution in [0.1, 0.15) is 22.5 Å². The maximum atomic E-state index is 12.7. The number of carbonyl (C=O) groups is 1. The fourth-order valence-electron chi connectivity index (χ4n) is 3.57. The highest BCUT2D eigenvalue weighted by Gasteiger charge is 2.20. The van der Waals surface area contributed by atoms with E-state index in [4.69, 9.17) is 0 Å². The monoisotopic (exact) mass is 392 g/mol. The van der Waals surface area contributed by atoms with Gasteiger partial charge in [0.2, 0.25) is 0 Å². The highest BCUT2D eigenvalue weighted by Crippen LogP contribution is 2.20. The number of ketones is 1. The maximum Gasteiger partial charge on any atom is 0.250 e. The Morgan fingerprint density at radius 1 is 1.07 bits per heavy atom. The largest absolute Gasteiger partial charge is 0.508 e. The minimum absolute atomic E-state index is 0.0886. The first-order chi connectivity index (χ1) is 14.1. The van der Waals surface area contributed by atoms with E-state index in [-0.39, 0.29) is 11.5 Å². The highest BCUT2D eigenvalue weighted by molar-refractivity contribution is 5.97. The molecule has 1 aliphatic heterocycles. The van der Waals surface area contributed by atoms with Crippen molar-refractivity contribution in [2.45, 2.75) is 13.3 Å². The van der Waals surface area contributed by atoms with E-state index >= 15 is 0 Å². The van der Waals surface area contributed by atoms with Crippen molar-refractivity contribution in [2.24, 2.45) is 0 Å². The van der Waals surface area contributed by atoms with Crippen LogP contribution in [0.25, 0.3) is 5.95 Å². The summed E-state index contributed by atoms with van der Waals surface area (Å²) in [5.41, 5.74) is 2.50. The number of aromatic nitrogens is 4. The molecule has 0 unspecified atom stereocenters. The van der Waals surface area contributed by atoms with E-state index in [1.165, 1.54) is 0 Å². The van der Waals surface area contributed by atoms with Crippen LogP contribution in [0.4, 0.5) is 5.69 Å². The zero-order valence-corrected chi connectivity index (χ0v) is 16.4. The van der Waals surface area contributed by atoms with Gasteiger partial charge < -0.3 is 10.0 Å². The average molecular weight is 392 g/mol. The van der Waals surface area contributed by atoms with E-state index < -0.39 is 0 Å². The summed E-state index contributed by atoms with van der Waals surface area (Å²) < 4.78 is 1.60. The van der Waals surface area contributed by atoms with Crippen LogP contribution in [-0.2, 0) is 0 Å². The summed E-state index contributed by atoms with van der Waals surface area (Å²) in [5, 5.41) is 13.7. The quantitative estimate of drug-likeness (QED) is 0.643. The molecule has 8 heteroatoms. The molecule has 1 aliphatic rings. The molecule has 1 saturated heterocycles. The third kappa shape index (κ3) is 4.27. The Hall–Kier alpha value is -3.26. The minimum atomic E-state index is 0.0886. The molecule has 3 aromatic rings. The van der Waals surface area contributed by atoms with Crippen molar-refractivity contribution in [3.8, 4) is 11.7 Å². The number of anilines is 1. The van der Waals surface area contributed by atoms with Gasteiger partial charge in [-0.15, -0.1) is 0 Å². The van der Waals surface area contributed by atoms with Crippen molar-refractivity contribution >= 4 is 11.5 Å². The van der Waals surface area contributed by atoms with Gasteiger partial charge >= 0.3 is 0 Å². The summed E-state index contributed by atoms with van der Waals surface area (Å²) >= 11 is 0. The molecule has 1 aromatic carbocycles. The summed E-state index contributed by atoms with van der Waals surface area (Å²) in [6.45, 7) is 6.22. The SMILES string of the molecule is Cc1c(C(=O)CCN2CCN(c3ccc(O)cc3)CC2)cnn1-c1ncccn1. The first-order valence-electron chi connectivity index (χ1n) is 9.73. The van der Waals surface area contributed by atoms with Gasteiger partial charge in [0, 0.05) is 57.2 Å². The summed E-state index contributed by atoms with van der Waals surface area (Å²) in [4.78, 5) is 25.7. The Morgan fingerprint density at radius 3 is 2.45 bits per heavy atom. The second-order valence-electron chi connectivity index (χ2n) is 7.12. The molecule has 0 spiro atoms. The number of hydrogen-bond donors (Lipinski definition) is 1. The van der Waals surface area contributed by atoms with Crippen molar-refractivity contribution in [3.05, 3.63) is 60.2 Å². The van der Waals surface area contributed by atoms with Gasteiger partial charge in [-0.1, -0.05) is 0 Å². The molecule has 0 saturated carbocycles. The lowest BCUT2D eigenvalue weighted by atomic mass is 10.1. The number of piperazine rings is 1. The van der Waals surface area contributed by atoms with Gasteiger partial charge in [0.25, 0.3) is 5.95 Å². The number of benzene rings is 1. The third-order valence-electron chi connectivity index (χ3n) is 5.29. The number of nitrogens with zero attached hydrogens (tertiary/aromatic N) is 6. The average Bonchev–Trinajstić information content (AvgIpc) is 3.15. The smallest absolute Gasteiger partial charge is 0.250 e. The van der Waals surface area contributed by atoms with Gasteiger partial charge in [0.05, 0.1) is 17.5 Å². The van der Waals surface area contributed by atoms with E-state index in [0.717, 1.165) is 44.1 Å². The molecule has 1 N–H and O–H groups in total. The maximum absolute atomic E-state index is 12.7. The van der Waals surface area contributed by atoms with Crippen LogP contribution in [0.2, 0.25) is 0 Å². The number of aromatic hydroxyl groups is 1. The Bertz CT molecular complexity index is 963. The molecular formula is C21H24N6O2. The van der Waals surface area contributed by atoms with E-state index in [0.29, 0.717) is 17.9 Å². The number of hydrogen-bond acceptors (Lipinski definition) is 7.